The Morgan fingerprint density at radius 1 is 1.38 bits per heavy atom. The second-order valence-corrected chi connectivity index (χ2v) is 7.95. The quantitative estimate of drug-likeness (QED) is 0.589. The maximum absolute atomic E-state index is 12.2. The Labute approximate surface area is 163 Å². The van der Waals surface area contributed by atoms with E-state index in [4.69, 9.17) is 34.0 Å². The molecule has 2 heterocycles. The van der Waals surface area contributed by atoms with Crippen LogP contribution in [0, 0.1) is 5.92 Å². The molecule has 3 rings (SSSR count). The Hall–Kier alpha value is -2.10. The van der Waals surface area contributed by atoms with Crippen LogP contribution in [-0.2, 0) is 20.8 Å². The lowest BCUT2D eigenvalue weighted by molar-refractivity contribution is -0.140. The predicted octanol–water partition coefficient (Wildman–Crippen LogP) is 2.62. The molecule has 1 amide bonds. The van der Waals surface area contributed by atoms with Crippen LogP contribution in [0.2, 0.25) is 0 Å². The van der Waals surface area contributed by atoms with Crippen LogP contribution in [0.4, 0.5) is 0 Å². The van der Waals surface area contributed by atoms with Crippen LogP contribution in [0.25, 0.3) is 6.08 Å². The first-order valence-electron chi connectivity index (χ1n) is 7.60. The van der Waals surface area contributed by atoms with Crippen molar-refractivity contribution in [2.45, 2.75) is 13.3 Å². The fourth-order valence-corrected chi connectivity index (χ4v) is 4.05. The molecule has 2 aliphatic rings. The Kier molecular flexibility index (Phi) is 5.22. The molecule has 1 N–H and O–H groups in total. The Bertz CT molecular complexity index is 911. The van der Waals surface area contributed by atoms with Crippen molar-refractivity contribution >= 4 is 69.1 Å². The van der Waals surface area contributed by atoms with Crippen LogP contribution in [0.5, 0.6) is 0 Å². The van der Waals surface area contributed by atoms with Gasteiger partial charge in [0.1, 0.15) is 22.4 Å². The molecule has 0 saturated carbocycles. The third kappa shape index (κ3) is 3.69. The summed E-state index contributed by atoms with van der Waals surface area (Å²) in [5.74, 6) is -0.864. The van der Waals surface area contributed by atoms with E-state index in [1.165, 1.54) is 6.08 Å². The van der Waals surface area contributed by atoms with Gasteiger partial charge in [-0.15, -0.1) is 0 Å². The number of rotatable bonds is 5. The van der Waals surface area contributed by atoms with E-state index in [2.05, 4.69) is 0 Å². The number of carboxylic acids is 1. The largest absolute Gasteiger partial charge is 0.480 e. The highest BCUT2D eigenvalue weighted by Crippen LogP contribution is 2.33. The maximum atomic E-state index is 12.2. The van der Waals surface area contributed by atoms with Crippen molar-refractivity contribution in [1.29, 1.82) is 0 Å². The third-order valence-electron chi connectivity index (χ3n) is 3.94. The molecule has 0 radical (unpaired) electrons. The summed E-state index contributed by atoms with van der Waals surface area (Å²) in [4.78, 5) is 37.1. The first-order valence-corrected chi connectivity index (χ1v) is 9.24. The summed E-state index contributed by atoms with van der Waals surface area (Å²) in [5.41, 5.74) is 0.608. The average molecular weight is 407 g/mol. The lowest BCUT2D eigenvalue weighted by Crippen LogP contribution is -2.33. The molecule has 1 atom stereocenters. The van der Waals surface area contributed by atoms with Gasteiger partial charge in [-0.25, -0.2) is 0 Å². The van der Waals surface area contributed by atoms with Crippen molar-refractivity contribution in [1.82, 2.24) is 4.90 Å². The highest BCUT2D eigenvalue weighted by molar-refractivity contribution is 8.26. The van der Waals surface area contributed by atoms with Crippen LogP contribution in [0.3, 0.4) is 0 Å². The predicted molar refractivity (Wildman–Crippen MR) is 105 cm³/mol. The van der Waals surface area contributed by atoms with E-state index in [-0.39, 0.29) is 16.0 Å². The number of thiocarbonyl (C=S) groups is 2. The van der Waals surface area contributed by atoms with Crippen molar-refractivity contribution in [3.05, 3.63) is 40.2 Å². The number of furan rings is 1. The number of amides is 1. The molecule has 0 bridgehead atoms. The van der Waals surface area contributed by atoms with Gasteiger partial charge in [0.15, 0.2) is 5.78 Å². The number of carbonyl (C=O) groups is 3. The number of carboxylic acid groups (broad SMARTS) is 1. The average Bonchev–Trinajstić information content (AvgIpc) is 3.19. The molecule has 26 heavy (non-hydrogen) atoms. The van der Waals surface area contributed by atoms with Gasteiger partial charge in [0, 0.05) is 22.9 Å². The summed E-state index contributed by atoms with van der Waals surface area (Å²) in [6.07, 6.45) is 3.56. The van der Waals surface area contributed by atoms with Gasteiger partial charge in [-0.3, -0.25) is 19.3 Å². The van der Waals surface area contributed by atoms with Gasteiger partial charge in [-0.1, -0.05) is 43.1 Å². The Morgan fingerprint density at radius 3 is 2.73 bits per heavy atom. The van der Waals surface area contributed by atoms with E-state index >= 15 is 0 Å². The highest BCUT2D eigenvalue weighted by Gasteiger charge is 2.33. The first kappa shape index (κ1) is 18.7. The van der Waals surface area contributed by atoms with Crippen LogP contribution < -0.4 is 0 Å². The van der Waals surface area contributed by atoms with Crippen molar-refractivity contribution in [2.75, 3.05) is 6.54 Å². The minimum Gasteiger partial charge on any atom is -0.480 e. The van der Waals surface area contributed by atoms with Crippen LogP contribution in [0.1, 0.15) is 18.4 Å². The number of ketones is 1. The van der Waals surface area contributed by atoms with Gasteiger partial charge in [-0.05, 0) is 18.2 Å². The summed E-state index contributed by atoms with van der Waals surface area (Å²) < 4.78 is 5.86. The standard InChI is InChI=1S/C17H13NO5S3/c1-8-12(24)5-9(15(8)21)4-10-2-3-11(23-10)6-13-16(22)18(7-14(19)20)17(25)26-13/h2-3,5-6,8H,4,7H2,1H3,(H,19,20). The zero-order chi connectivity index (χ0) is 19.0. The topological polar surface area (TPSA) is 87.8 Å². The first-order chi connectivity index (χ1) is 12.3. The van der Waals surface area contributed by atoms with Crippen molar-refractivity contribution < 1.29 is 23.9 Å². The number of hydrogen-bond acceptors (Lipinski definition) is 7. The van der Waals surface area contributed by atoms with Gasteiger partial charge < -0.3 is 9.52 Å². The highest BCUT2D eigenvalue weighted by atomic mass is 32.2. The molecule has 0 aromatic carbocycles. The van der Waals surface area contributed by atoms with Gasteiger partial charge in [0.05, 0.1) is 10.8 Å². The molecule has 1 aliphatic heterocycles. The van der Waals surface area contributed by atoms with Gasteiger partial charge in [-0.2, -0.15) is 0 Å². The molecule has 6 nitrogen and oxygen atoms in total. The van der Waals surface area contributed by atoms with E-state index in [1.54, 1.807) is 25.1 Å². The lowest BCUT2D eigenvalue weighted by Gasteiger charge is -2.09. The molecule has 9 heteroatoms. The number of carbonyl (C=O) groups excluding carboxylic acids is 2. The van der Waals surface area contributed by atoms with Crippen LogP contribution in [0.15, 0.2) is 33.1 Å². The molecule has 1 fully saturated rings. The maximum Gasteiger partial charge on any atom is 0.323 e. The van der Waals surface area contributed by atoms with Gasteiger partial charge in [0.25, 0.3) is 5.91 Å². The number of nitrogens with zero attached hydrogens (tertiary/aromatic N) is 1. The van der Waals surface area contributed by atoms with E-state index in [9.17, 15) is 14.4 Å². The Morgan fingerprint density at radius 2 is 2.12 bits per heavy atom. The van der Waals surface area contributed by atoms with Gasteiger partial charge >= 0.3 is 5.97 Å². The lowest BCUT2D eigenvalue weighted by atomic mass is 10.0. The summed E-state index contributed by atoms with van der Waals surface area (Å²) in [5, 5.41) is 8.84. The molecule has 1 aliphatic carbocycles. The van der Waals surface area contributed by atoms with Crippen LogP contribution >= 0.6 is 36.2 Å². The molecular weight excluding hydrogens is 394 g/mol. The zero-order valence-corrected chi connectivity index (χ0v) is 16.0. The number of aliphatic carboxylic acids is 1. The fourth-order valence-electron chi connectivity index (χ4n) is 2.57. The molecule has 0 spiro atoms. The minimum absolute atomic E-state index is 0.00231. The summed E-state index contributed by atoms with van der Waals surface area (Å²) >= 11 is 11.2. The van der Waals surface area contributed by atoms with Crippen molar-refractivity contribution in [2.24, 2.45) is 5.92 Å². The van der Waals surface area contributed by atoms with E-state index < -0.39 is 18.4 Å². The minimum atomic E-state index is -1.13. The van der Waals surface area contributed by atoms with Crippen molar-refractivity contribution in [3.8, 4) is 0 Å². The molecule has 1 saturated heterocycles. The van der Waals surface area contributed by atoms with Gasteiger partial charge in [0.2, 0.25) is 0 Å². The fraction of sp³-hybridized carbons (Fsp3) is 0.235. The Balaban J connectivity index is 1.74. The second kappa shape index (κ2) is 7.26. The monoisotopic (exact) mass is 407 g/mol. The summed E-state index contributed by atoms with van der Waals surface area (Å²) in [6, 6.07) is 3.41. The molecule has 1 aromatic rings. The van der Waals surface area contributed by atoms with Crippen LogP contribution in [-0.4, -0.2) is 43.4 Å². The number of allylic oxidation sites excluding steroid dienone is 2. The molecular formula is C17H13NO5S3. The SMILES string of the molecule is CC1C(=O)C(Cc2ccc(C=C3SC(=S)N(CC(=O)O)C3=O)o2)=CC1=S. The molecule has 134 valence electrons. The van der Waals surface area contributed by atoms with Crippen molar-refractivity contribution in [3.63, 3.8) is 0 Å². The molecule has 1 unspecified atom stereocenters. The normalized spacial score (nSPS) is 21.9. The smallest absolute Gasteiger partial charge is 0.323 e. The summed E-state index contributed by atoms with van der Waals surface area (Å²) in [6.45, 7) is 1.31. The third-order valence-corrected chi connectivity index (χ3v) is 5.79. The number of Topliss-reactive ketones (excluding diaryl/α,β-unsaturated/α-hetero) is 1. The number of thioether (sulfide) groups is 1. The number of hydrogen-bond donors (Lipinski definition) is 1. The zero-order valence-electron chi connectivity index (χ0n) is 13.6. The van der Waals surface area contributed by atoms with E-state index in [1.807, 2.05) is 0 Å². The second-order valence-electron chi connectivity index (χ2n) is 5.80. The van der Waals surface area contributed by atoms with E-state index in [0.717, 1.165) is 16.7 Å². The van der Waals surface area contributed by atoms with E-state index in [0.29, 0.717) is 33.3 Å². The summed E-state index contributed by atoms with van der Waals surface area (Å²) in [7, 11) is 0. The molecule has 1 aromatic heterocycles.